The van der Waals surface area contributed by atoms with Gasteiger partial charge in [0.1, 0.15) is 0 Å². The molecule has 0 aromatic heterocycles. The number of hydrogen-bond acceptors (Lipinski definition) is 5. The molecule has 2 aromatic rings. The molecular weight excluding hydrogens is 398 g/mol. The van der Waals surface area contributed by atoms with Crippen molar-refractivity contribution >= 4 is 29.3 Å². The molecule has 1 amide bonds. The van der Waals surface area contributed by atoms with Crippen LogP contribution in [0.2, 0.25) is 0 Å². The Balaban J connectivity index is 1.59. The van der Waals surface area contributed by atoms with Crippen LogP contribution in [0.15, 0.2) is 47.4 Å². The van der Waals surface area contributed by atoms with E-state index in [0.717, 1.165) is 59.8 Å². The predicted octanol–water partition coefficient (Wildman–Crippen LogP) is 4.88. The van der Waals surface area contributed by atoms with Gasteiger partial charge in [0.2, 0.25) is 0 Å². The van der Waals surface area contributed by atoms with Crippen LogP contribution in [-0.2, 0) is 27.1 Å². The Morgan fingerprint density at radius 1 is 1.10 bits per heavy atom. The number of carbonyl (C=O) groups is 2. The van der Waals surface area contributed by atoms with E-state index in [2.05, 4.69) is 19.2 Å². The van der Waals surface area contributed by atoms with E-state index in [9.17, 15) is 9.59 Å². The standard InChI is InChI=1S/C24H29NO4S/c1-3-17-9-7-10-18(4-2)23(17)25-22(26)15-29-24(27)20-12-5-6-13-21(20)30-16-19-11-8-14-28-19/h5-7,9-10,12-13,19H,3-4,8,11,14-16H2,1-2H3,(H,25,26)/t19-/m0/s1. The highest BCUT2D eigenvalue weighted by molar-refractivity contribution is 7.99. The number of ether oxygens (including phenoxy) is 2. The van der Waals surface area contributed by atoms with Crippen molar-refractivity contribution in [2.75, 3.05) is 24.3 Å². The van der Waals surface area contributed by atoms with Crippen molar-refractivity contribution in [3.8, 4) is 0 Å². The van der Waals surface area contributed by atoms with Crippen LogP contribution in [0.25, 0.3) is 0 Å². The fourth-order valence-corrected chi connectivity index (χ4v) is 4.62. The molecule has 1 atom stereocenters. The third-order valence-corrected chi connectivity index (χ3v) is 6.36. The SMILES string of the molecule is CCc1cccc(CC)c1NC(=O)COC(=O)c1ccccc1SC[C@@H]1CCCO1. The molecule has 1 saturated heterocycles. The van der Waals surface area contributed by atoms with Gasteiger partial charge in [-0.1, -0.05) is 44.2 Å². The summed E-state index contributed by atoms with van der Waals surface area (Å²) in [7, 11) is 0. The van der Waals surface area contributed by atoms with Gasteiger partial charge in [0.25, 0.3) is 5.91 Å². The lowest BCUT2D eigenvalue weighted by Crippen LogP contribution is -2.22. The average Bonchev–Trinajstić information content (AvgIpc) is 3.30. The van der Waals surface area contributed by atoms with E-state index >= 15 is 0 Å². The molecule has 0 radical (unpaired) electrons. The molecule has 0 saturated carbocycles. The van der Waals surface area contributed by atoms with Crippen LogP contribution in [0.1, 0.15) is 48.2 Å². The van der Waals surface area contributed by atoms with E-state index < -0.39 is 5.97 Å². The summed E-state index contributed by atoms with van der Waals surface area (Å²) in [5, 5.41) is 2.93. The third kappa shape index (κ3) is 5.86. The summed E-state index contributed by atoms with van der Waals surface area (Å²) in [6, 6.07) is 13.3. The topological polar surface area (TPSA) is 64.6 Å². The van der Waals surface area contributed by atoms with Crippen molar-refractivity contribution in [1.82, 2.24) is 0 Å². The summed E-state index contributed by atoms with van der Waals surface area (Å²) in [4.78, 5) is 25.9. The molecule has 160 valence electrons. The van der Waals surface area contributed by atoms with E-state index in [1.165, 1.54) is 0 Å². The van der Waals surface area contributed by atoms with Gasteiger partial charge in [0.15, 0.2) is 6.61 Å². The molecule has 3 rings (SSSR count). The van der Waals surface area contributed by atoms with Gasteiger partial charge in [-0.25, -0.2) is 4.79 Å². The molecular formula is C24H29NO4S. The number of thioether (sulfide) groups is 1. The first-order chi connectivity index (χ1) is 14.6. The fourth-order valence-electron chi connectivity index (χ4n) is 3.51. The maximum atomic E-state index is 12.6. The third-order valence-electron chi connectivity index (χ3n) is 5.15. The predicted molar refractivity (Wildman–Crippen MR) is 120 cm³/mol. The molecule has 0 spiro atoms. The quantitative estimate of drug-likeness (QED) is 0.456. The number of carbonyl (C=O) groups excluding carboxylic acids is 2. The van der Waals surface area contributed by atoms with Gasteiger partial charge in [-0.3, -0.25) is 4.79 Å². The van der Waals surface area contributed by atoms with Gasteiger partial charge >= 0.3 is 5.97 Å². The van der Waals surface area contributed by atoms with Gasteiger partial charge in [-0.2, -0.15) is 0 Å². The molecule has 0 bridgehead atoms. The van der Waals surface area contributed by atoms with Gasteiger partial charge < -0.3 is 14.8 Å². The lowest BCUT2D eigenvalue weighted by molar-refractivity contribution is -0.119. The van der Waals surface area contributed by atoms with Crippen molar-refractivity contribution < 1.29 is 19.1 Å². The minimum absolute atomic E-state index is 0.233. The molecule has 0 aliphatic carbocycles. The number of anilines is 1. The van der Waals surface area contributed by atoms with E-state index in [1.807, 2.05) is 30.3 Å². The second kappa shape index (κ2) is 11.2. The zero-order valence-electron chi connectivity index (χ0n) is 17.6. The van der Waals surface area contributed by atoms with Crippen LogP contribution in [0.4, 0.5) is 5.69 Å². The first-order valence-corrected chi connectivity index (χ1v) is 11.5. The number of esters is 1. The van der Waals surface area contributed by atoms with Gasteiger partial charge in [-0.15, -0.1) is 11.8 Å². The Hall–Kier alpha value is -2.31. The first-order valence-electron chi connectivity index (χ1n) is 10.5. The van der Waals surface area contributed by atoms with E-state index in [-0.39, 0.29) is 18.6 Å². The first kappa shape index (κ1) is 22.4. The monoisotopic (exact) mass is 427 g/mol. The zero-order chi connectivity index (χ0) is 21.3. The summed E-state index contributed by atoms with van der Waals surface area (Å²) in [6.45, 7) is 4.60. The summed E-state index contributed by atoms with van der Waals surface area (Å²) < 4.78 is 11.0. The summed E-state index contributed by atoms with van der Waals surface area (Å²) >= 11 is 1.59. The van der Waals surface area contributed by atoms with Crippen molar-refractivity contribution in [2.45, 2.75) is 50.5 Å². The molecule has 1 heterocycles. The minimum atomic E-state index is -0.486. The van der Waals surface area contributed by atoms with Gasteiger partial charge in [-0.05, 0) is 48.9 Å². The summed E-state index contributed by atoms with van der Waals surface area (Å²) in [5.41, 5.74) is 3.46. The Labute approximate surface area is 182 Å². The summed E-state index contributed by atoms with van der Waals surface area (Å²) in [5.74, 6) is -0.0122. The van der Waals surface area contributed by atoms with Gasteiger partial charge in [0, 0.05) is 22.9 Å². The number of amides is 1. The van der Waals surface area contributed by atoms with E-state index in [0.29, 0.717) is 5.56 Å². The molecule has 5 nitrogen and oxygen atoms in total. The van der Waals surface area contributed by atoms with Crippen molar-refractivity contribution in [3.63, 3.8) is 0 Å². The molecule has 1 aliphatic rings. The highest BCUT2D eigenvalue weighted by Gasteiger charge is 2.19. The van der Waals surface area contributed by atoms with Crippen LogP contribution in [-0.4, -0.2) is 36.9 Å². The molecule has 30 heavy (non-hydrogen) atoms. The van der Waals surface area contributed by atoms with E-state index in [4.69, 9.17) is 9.47 Å². The molecule has 1 N–H and O–H groups in total. The number of rotatable bonds is 9. The van der Waals surface area contributed by atoms with Crippen LogP contribution < -0.4 is 5.32 Å². The summed E-state index contributed by atoms with van der Waals surface area (Å²) in [6.07, 6.45) is 4.01. The average molecular weight is 428 g/mol. The van der Waals surface area contributed by atoms with Crippen LogP contribution in [0.5, 0.6) is 0 Å². The lowest BCUT2D eigenvalue weighted by atomic mass is 10.0. The maximum absolute atomic E-state index is 12.6. The highest BCUT2D eigenvalue weighted by atomic mass is 32.2. The molecule has 1 fully saturated rings. The zero-order valence-corrected chi connectivity index (χ0v) is 18.4. The van der Waals surface area contributed by atoms with Crippen LogP contribution in [0, 0.1) is 0 Å². The van der Waals surface area contributed by atoms with Crippen molar-refractivity contribution in [1.29, 1.82) is 0 Å². The Kier molecular flexibility index (Phi) is 8.34. The van der Waals surface area contributed by atoms with E-state index in [1.54, 1.807) is 23.9 Å². The largest absolute Gasteiger partial charge is 0.452 e. The molecule has 0 unspecified atom stereocenters. The van der Waals surface area contributed by atoms with Gasteiger partial charge in [0.05, 0.1) is 11.7 Å². The van der Waals surface area contributed by atoms with Crippen molar-refractivity contribution in [2.24, 2.45) is 0 Å². The highest BCUT2D eigenvalue weighted by Crippen LogP contribution is 2.27. The lowest BCUT2D eigenvalue weighted by Gasteiger charge is -2.15. The Morgan fingerprint density at radius 3 is 2.50 bits per heavy atom. The van der Waals surface area contributed by atoms with Crippen LogP contribution in [0.3, 0.4) is 0 Å². The smallest absolute Gasteiger partial charge is 0.339 e. The Bertz CT molecular complexity index is 855. The molecule has 1 aliphatic heterocycles. The fraction of sp³-hybridized carbons (Fsp3) is 0.417. The minimum Gasteiger partial charge on any atom is -0.452 e. The second-order valence-corrected chi connectivity index (χ2v) is 8.29. The maximum Gasteiger partial charge on any atom is 0.339 e. The van der Waals surface area contributed by atoms with Crippen LogP contribution >= 0.6 is 11.8 Å². The molecule has 6 heteroatoms. The van der Waals surface area contributed by atoms with Crippen molar-refractivity contribution in [3.05, 3.63) is 59.2 Å². The number of nitrogens with one attached hydrogen (secondary N) is 1. The number of benzene rings is 2. The molecule has 2 aromatic carbocycles. The number of aryl methyl sites for hydroxylation is 2. The normalized spacial score (nSPS) is 15.7. The Morgan fingerprint density at radius 2 is 1.83 bits per heavy atom. The second-order valence-electron chi connectivity index (χ2n) is 7.22. The number of hydrogen-bond donors (Lipinski definition) is 1. The number of para-hydroxylation sites is 1.